The third kappa shape index (κ3) is 5.68. The van der Waals surface area contributed by atoms with E-state index >= 15 is 0 Å². The van der Waals surface area contributed by atoms with Gasteiger partial charge in [-0.25, -0.2) is 4.79 Å². The summed E-state index contributed by atoms with van der Waals surface area (Å²) in [6.07, 6.45) is 3.70. The minimum Gasteiger partial charge on any atom is -0.444 e. The van der Waals surface area contributed by atoms with E-state index in [0.717, 1.165) is 58.4 Å². The van der Waals surface area contributed by atoms with Crippen LogP contribution in [0.3, 0.4) is 0 Å². The highest BCUT2D eigenvalue weighted by atomic mass is 16.6. The second kappa shape index (κ2) is 7.51. The van der Waals surface area contributed by atoms with E-state index in [9.17, 15) is 9.59 Å². The number of primary amides is 1. The zero-order chi connectivity index (χ0) is 17.0. The van der Waals surface area contributed by atoms with E-state index in [2.05, 4.69) is 4.90 Å². The van der Waals surface area contributed by atoms with Crippen LogP contribution in [0.15, 0.2) is 0 Å². The quantitative estimate of drug-likeness (QED) is 0.859. The van der Waals surface area contributed by atoms with Crippen LogP contribution < -0.4 is 5.73 Å². The Balaban J connectivity index is 1.78. The largest absolute Gasteiger partial charge is 0.444 e. The standard InChI is InChI=1S/C17H31N3O3/c1-17(2,3)23-16(22)20-8-4-5-13(12-20)11-19-9-6-14(7-10-19)15(18)21/h13-14H,4-12H2,1-3H3,(H2,18,21). The Kier molecular flexibility index (Phi) is 5.89. The van der Waals surface area contributed by atoms with Gasteiger partial charge in [0.15, 0.2) is 0 Å². The molecule has 0 spiro atoms. The normalized spacial score (nSPS) is 24.5. The summed E-state index contributed by atoms with van der Waals surface area (Å²) < 4.78 is 5.48. The van der Waals surface area contributed by atoms with Crippen molar-refractivity contribution in [2.24, 2.45) is 17.6 Å². The third-order valence-electron chi connectivity index (χ3n) is 4.68. The van der Waals surface area contributed by atoms with Gasteiger partial charge in [0.05, 0.1) is 0 Å². The van der Waals surface area contributed by atoms with Crippen molar-refractivity contribution in [2.45, 2.75) is 52.1 Å². The first kappa shape index (κ1) is 18.0. The molecular formula is C17H31N3O3. The topological polar surface area (TPSA) is 75.9 Å². The van der Waals surface area contributed by atoms with Crippen LogP contribution in [0.5, 0.6) is 0 Å². The van der Waals surface area contributed by atoms with Gasteiger partial charge < -0.3 is 20.3 Å². The average molecular weight is 325 g/mol. The van der Waals surface area contributed by atoms with Gasteiger partial charge in [0.2, 0.25) is 5.91 Å². The molecule has 2 aliphatic heterocycles. The van der Waals surface area contributed by atoms with Crippen molar-refractivity contribution in [2.75, 3.05) is 32.7 Å². The van der Waals surface area contributed by atoms with E-state index in [1.807, 2.05) is 25.7 Å². The Bertz CT molecular complexity index is 425. The summed E-state index contributed by atoms with van der Waals surface area (Å²) in [5, 5.41) is 0. The molecule has 0 aliphatic carbocycles. The first-order chi connectivity index (χ1) is 10.7. The Labute approximate surface area is 139 Å². The fourth-order valence-electron chi connectivity index (χ4n) is 3.47. The molecule has 0 aromatic heterocycles. The van der Waals surface area contributed by atoms with Crippen LogP contribution in [0.2, 0.25) is 0 Å². The number of nitrogens with two attached hydrogens (primary N) is 1. The van der Waals surface area contributed by atoms with Crippen LogP contribution in [0.1, 0.15) is 46.5 Å². The molecule has 6 heteroatoms. The van der Waals surface area contributed by atoms with Gasteiger partial charge in [0.25, 0.3) is 0 Å². The zero-order valence-corrected chi connectivity index (χ0v) is 14.7. The van der Waals surface area contributed by atoms with Crippen molar-refractivity contribution in [3.8, 4) is 0 Å². The summed E-state index contributed by atoms with van der Waals surface area (Å²) in [4.78, 5) is 27.7. The minimum absolute atomic E-state index is 0.0378. The van der Waals surface area contributed by atoms with Crippen molar-refractivity contribution < 1.29 is 14.3 Å². The first-order valence-corrected chi connectivity index (χ1v) is 8.74. The molecule has 0 saturated carbocycles. The fourth-order valence-corrected chi connectivity index (χ4v) is 3.47. The maximum Gasteiger partial charge on any atom is 0.410 e. The van der Waals surface area contributed by atoms with Crippen LogP contribution in [0, 0.1) is 11.8 Å². The van der Waals surface area contributed by atoms with E-state index < -0.39 is 5.60 Å². The van der Waals surface area contributed by atoms with E-state index in [4.69, 9.17) is 10.5 Å². The molecule has 0 bridgehead atoms. The molecule has 2 rings (SSSR count). The van der Waals surface area contributed by atoms with Crippen LogP contribution in [-0.4, -0.2) is 60.1 Å². The Hall–Kier alpha value is -1.30. The van der Waals surface area contributed by atoms with Crippen molar-refractivity contribution >= 4 is 12.0 Å². The van der Waals surface area contributed by atoms with E-state index in [1.165, 1.54) is 0 Å². The number of hydrogen-bond acceptors (Lipinski definition) is 4. The van der Waals surface area contributed by atoms with Crippen LogP contribution in [0.25, 0.3) is 0 Å². The van der Waals surface area contributed by atoms with Gasteiger partial charge in [0.1, 0.15) is 5.60 Å². The number of rotatable bonds is 3. The Morgan fingerprint density at radius 2 is 1.78 bits per heavy atom. The molecule has 1 atom stereocenters. The van der Waals surface area contributed by atoms with Crippen molar-refractivity contribution in [3.05, 3.63) is 0 Å². The number of amides is 2. The van der Waals surface area contributed by atoms with Gasteiger partial charge in [-0.1, -0.05) is 0 Å². The number of piperidine rings is 2. The molecule has 0 aromatic carbocycles. The molecule has 132 valence electrons. The summed E-state index contributed by atoms with van der Waals surface area (Å²) in [5.74, 6) is 0.357. The van der Waals surface area contributed by atoms with Crippen molar-refractivity contribution in [1.29, 1.82) is 0 Å². The van der Waals surface area contributed by atoms with E-state index in [0.29, 0.717) is 5.92 Å². The lowest BCUT2D eigenvalue weighted by molar-refractivity contribution is -0.123. The lowest BCUT2D eigenvalue weighted by Crippen LogP contribution is -2.47. The Morgan fingerprint density at radius 1 is 1.13 bits per heavy atom. The lowest BCUT2D eigenvalue weighted by Gasteiger charge is -2.38. The summed E-state index contributed by atoms with van der Waals surface area (Å²) in [5.41, 5.74) is 4.94. The van der Waals surface area contributed by atoms with Gasteiger partial charge in [-0.2, -0.15) is 0 Å². The van der Waals surface area contributed by atoms with Crippen molar-refractivity contribution in [3.63, 3.8) is 0 Å². The highest BCUT2D eigenvalue weighted by Crippen LogP contribution is 2.23. The zero-order valence-electron chi connectivity index (χ0n) is 14.7. The lowest BCUT2D eigenvalue weighted by atomic mass is 9.93. The van der Waals surface area contributed by atoms with E-state index in [-0.39, 0.29) is 17.9 Å². The summed E-state index contributed by atoms with van der Waals surface area (Å²) in [7, 11) is 0. The predicted octanol–water partition coefficient (Wildman–Crippen LogP) is 1.83. The van der Waals surface area contributed by atoms with Crippen LogP contribution in [0.4, 0.5) is 4.79 Å². The second-order valence-corrected chi connectivity index (χ2v) is 7.91. The average Bonchev–Trinajstić information content (AvgIpc) is 2.46. The molecule has 2 saturated heterocycles. The SMILES string of the molecule is CC(C)(C)OC(=O)N1CCCC(CN2CCC(C(N)=O)CC2)C1. The molecule has 2 N–H and O–H groups in total. The molecule has 2 aliphatic rings. The number of hydrogen-bond donors (Lipinski definition) is 1. The monoisotopic (exact) mass is 325 g/mol. The molecule has 2 fully saturated rings. The van der Waals surface area contributed by atoms with Crippen LogP contribution >= 0.6 is 0 Å². The molecule has 0 radical (unpaired) electrons. The minimum atomic E-state index is -0.444. The molecule has 2 amide bonds. The first-order valence-electron chi connectivity index (χ1n) is 8.74. The predicted molar refractivity (Wildman–Crippen MR) is 88.9 cm³/mol. The van der Waals surface area contributed by atoms with E-state index in [1.54, 1.807) is 0 Å². The molecule has 2 heterocycles. The number of ether oxygens (including phenoxy) is 1. The van der Waals surface area contributed by atoms with Gasteiger partial charge in [-0.05, 0) is 65.5 Å². The number of carbonyl (C=O) groups excluding carboxylic acids is 2. The Morgan fingerprint density at radius 3 is 2.35 bits per heavy atom. The van der Waals surface area contributed by atoms with Gasteiger partial charge >= 0.3 is 6.09 Å². The molecule has 0 aromatic rings. The molecular weight excluding hydrogens is 294 g/mol. The second-order valence-electron chi connectivity index (χ2n) is 7.91. The number of carbonyl (C=O) groups is 2. The van der Waals surface area contributed by atoms with Crippen molar-refractivity contribution in [1.82, 2.24) is 9.80 Å². The maximum absolute atomic E-state index is 12.2. The molecule has 23 heavy (non-hydrogen) atoms. The van der Waals surface area contributed by atoms with Gasteiger partial charge in [0, 0.05) is 25.6 Å². The number of nitrogens with zero attached hydrogens (tertiary/aromatic N) is 2. The summed E-state index contributed by atoms with van der Waals surface area (Å²) in [6, 6.07) is 0. The smallest absolute Gasteiger partial charge is 0.410 e. The highest BCUT2D eigenvalue weighted by Gasteiger charge is 2.30. The van der Waals surface area contributed by atoms with Crippen LogP contribution in [-0.2, 0) is 9.53 Å². The highest BCUT2D eigenvalue weighted by molar-refractivity contribution is 5.76. The number of likely N-dealkylation sites (tertiary alicyclic amines) is 2. The third-order valence-corrected chi connectivity index (χ3v) is 4.68. The summed E-state index contributed by atoms with van der Waals surface area (Å²) in [6.45, 7) is 10.1. The molecule has 6 nitrogen and oxygen atoms in total. The molecule has 1 unspecified atom stereocenters. The fraction of sp³-hybridized carbons (Fsp3) is 0.882. The summed E-state index contributed by atoms with van der Waals surface area (Å²) >= 11 is 0. The maximum atomic E-state index is 12.2. The van der Waals surface area contributed by atoms with Gasteiger partial charge in [-0.15, -0.1) is 0 Å². The van der Waals surface area contributed by atoms with Gasteiger partial charge in [-0.3, -0.25) is 4.79 Å².